The van der Waals surface area contributed by atoms with Gasteiger partial charge in [0.15, 0.2) is 0 Å². The summed E-state index contributed by atoms with van der Waals surface area (Å²) in [5, 5.41) is 8.69. The van der Waals surface area contributed by atoms with Crippen LogP contribution in [0.25, 0.3) is 0 Å². The van der Waals surface area contributed by atoms with E-state index < -0.39 is 0 Å². The van der Waals surface area contributed by atoms with Crippen LogP contribution in [0.15, 0.2) is 36.5 Å². The van der Waals surface area contributed by atoms with Crippen molar-refractivity contribution in [3.8, 4) is 29.2 Å². The third-order valence-corrected chi connectivity index (χ3v) is 2.41. The minimum Gasteiger partial charge on any atom is -0.496 e. The SMILES string of the molecule is COc1cc(OC)cc(Oc2ccc(C#N)cn2)c1. The van der Waals surface area contributed by atoms with Crippen molar-refractivity contribution < 1.29 is 14.2 Å². The third-order valence-electron chi connectivity index (χ3n) is 2.41. The Balaban J connectivity index is 2.24. The van der Waals surface area contributed by atoms with Gasteiger partial charge < -0.3 is 14.2 Å². The molecule has 5 nitrogen and oxygen atoms in total. The van der Waals surface area contributed by atoms with Crippen LogP contribution in [0.3, 0.4) is 0 Å². The molecule has 1 aromatic heterocycles. The van der Waals surface area contributed by atoms with Crippen molar-refractivity contribution in [3.63, 3.8) is 0 Å². The van der Waals surface area contributed by atoms with Crippen LogP contribution in [0.1, 0.15) is 5.56 Å². The van der Waals surface area contributed by atoms with E-state index in [2.05, 4.69) is 4.98 Å². The van der Waals surface area contributed by atoms with Gasteiger partial charge in [0, 0.05) is 30.5 Å². The zero-order valence-electron chi connectivity index (χ0n) is 10.6. The summed E-state index contributed by atoms with van der Waals surface area (Å²) in [6.07, 6.45) is 1.45. The topological polar surface area (TPSA) is 64.4 Å². The molecule has 0 fully saturated rings. The highest BCUT2D eigenvalue weighted by Gasteiger charge is 2.05. The van der Waals surface area contributed by atoms with Crippen molar-refractivity contribution in [2.75, 3.05) is 14.2 Å². The summed E-state index contributed by atoms with van der Waals surface area (Å²) in [6, 6.07) is 10.5. The maximum absolute atomic E-state index is 8.69. The fourth-order valence-corrected chi connectivity index (χ4v) is 1.47. The zero-order valence-corrected chi connectivity index (χ0v) is 10.6. The first-order valence-electron chi connectivity index (χ1n) is 5.52. The van der Waals surface area contributed by atoms with E-state index in [0.29, 0.717) is 28.7 Å². The Labute approximate surface area is 111 Å². The number of hydrogen-bond acceptors (Lipinski definition) is 5. The summed E-state index contributed by atoms with van der Waals surface area (Å²) >= 11 is 0. The number of nitrogens with zero attached hydrogens (tertiary/aromatic N) is 2. The van der Waals surface area contributed by atoms with Crippen LogP contribution in [0.5, 0.6) is 23.1 Å². The predicted molar refractivity (Wildman–Crippen MR) is 68.6 cm³/mol. The number of aromatic nitrogens is 1. The molecular formula is C14H12N2O3. The van der Waals surface area contributed by atoms with Gasteiger partial charge >= 0.3 is 0 Å². The molecule has 19 heavy (non-hydrogen) atoms. The fourth-order valence-electron chi connectivity index (χ4n) is 1.47. The minimum atomic E-state index is 0.398. The molecule has 0 unspecified atom stereocenters. The summed E-state index contributed by atoms with van der Waals surface area (Å²) in [5.41, 5.74) is 0.482. The third kappa shape index (κ3) is 3.13. The summed E-state index contributed by atoms with van der Waals surface area (Å²) in [4.78, 5) is 4.03. The van der Waals surface area contributed by atoms with Gasteiger partial charge in [-0.05, 0) is 6.07 Å². The van der Waals surface area contributed by atoms with Crippen molar-refractivity contribution in [1.29, 1.82) is 5.26 Å². The Bertz CT molecular complexity index is 581. The Hall–Kier alpha value is -2.74. The molecule has 96 valence electrons. The van der Waals surface area contributed by atoms with Gasteiger partial charge in [0.05, 0.1) is 19.8 Å². The van der Waals surface area contributed by atoms with E-state index in [0.717, 1.165) is 0 Å². The van der Waals surface area contributed by atoms with Gasteiger partial charge in [-0.25, -0.2) is 4.98 Å². The summed E-state index contributed by atoms with van der Waals surface area (Å²) in [7, 11) is 3.14. The van der Waals surface area contributed by atoms with E-state index in [1.807, 2.05) is 6.07 Å². The molecule has 0 bridgehead atoms. The molecule has 0 saturated heterocycles. The molecule has 1 heterocycles. The first kappa shape index (κ1) is 12.7. The smallest absolute Gasteiger partial charge is 0.219 e. The van der Waals surface area contributed by atoms with E-state index >= 15 is 0 Å². The summed E-state index contributed by atoms with van der Waals surface area (Å²) in [5.74, 6) is 2.20. The lowest BCUT2D eigenvalue weighted by molar-refractivity contribution is 0.385. The molecule has 0 aliphatic rings. The Morgan fingerprint density at radius 1 is 1.00 bits per heavy atom. The van der Waals surface area contributed by atoms with Crippen molar-refractivity contribution in [3.05, 3.63) is 42.1 Å². The second-order valence-electron chi connectivity index (χ2n) is 3.65. The van der Waals surface area contributed by atoms with Crippen LogP contribution in [0.4, 0.5) is 0 Å². The Morgan fingerprint density at radius 3 is 2.11 bits per heavy atom. The van der Waals surface area contributed by atoms with Crippen molar-refractivity contribution in [2.45, 2.75) is 0 Å². The van der Waals surface area contributed by atoms with Gasteiger partial charge in [0.25, 0.3) is 0 Å². The maximum atomic E-state index is 8.69. The van der Waals surface area contributed by atoms with Crippen molar-refractivity contribution in [1.82, 2.24) is 4.98 Å². The van der Waals surface area contributed by atoms with E-state index in [-0.39, 0.29) is 0 Å². The van der Waals surface area contributed by atoms with E-state index in [9.17, 15) is 0 Å². The Morgan fingerprint density at radius 2 is 1.63 bits per heavy atom. The number of ether oxygens (including phenoxy) is 3. The second-order valence-corrected chi connectivity index (χ2v) is 3.65. The number of pyridine rings is 1. The average Bonchev–Trinajstić information content (AvgIpc) is 2.47. The molecule has 2 rings (SSSR count). The maximum Gasteiger partial charge on any atom is 0.219 e. The minimum absolute atomic E-state index is 0.398. The number of nitriles is 1. The Kier molecular flexibility index (Phi) is 3.84. The van der Waals surface area contributed by atoms with E-state index in [4.69, 9.17) is 19.5 Å². The van der Waals surface area contributed by atoms with Crippen molar-refractivity contribution in [2.24, 2.45) is 0 Å². The summed E-state index contributed by atoms with van der Waals surface area (Å²) < 4.78 is 15.9. The zero-order chi connectivity index (χ0) is 13.7. The normalized spacial score (nSPS) is 9.53. The van der Waals surface area contributed by atoms with Crippen LogP contribution in [0.2, 0.25) is 0 Å². The molecule has 0 spiro atoms. The van der Waals surface area contributed by atoms with Gasteiger partial charge in [-0.2, -0.15) is 5.26 Å². The molecule has 0 radical (unpaired) electrons. The van der Waals surface area contributed by atoms with Gasteiger partial charge in [-0.3, -0.25) is 0 Å². The lowest BCUT2D eigenvalue weighted by Crippen LogP contribution is -1.91. The highest BCUT2D eigenvalue weighted by atomic mass is 16.5. The van der Waals surface area contributed by atoms with Gasteiger partial charge in [0.1, 0.15) is 23.3 Å². The molecule has 5 heteroatoms. The molecule has 2 aromatic rings. The average molecular weight is 256 g/mol. The summed E-state index contributed by atoms with van der Waals surface area (Å²) in [6.45, 7) is 0. The van der Waals surface area contributed by atoms with Crippen LogP contribution >= 0.6 is 0 Å². The molecule has 0 aliphatic carbocycles. The molecule has 0 amide bonds. The van der Waals surface area contributed by atoms with E-state index in [1.165, 1.54) is 6.20 Å². The number of methoxy groups -OCH3 is 2. The number of hydrogen-bond donors (Lipinski definition) is 0. The highest BCUT2D eigenvalue weighted by Crippen LogP contribution is 2.30. The molecule has 1 aromatic carbocycles. The first-order valence-corrected chi connectivity index (χ1v) is 5.52. The van der Waals surface area contributed by atoms with Gasteiger partial charge in [0.2, 0.25) is 5.88 Å². The molecule has 0 N–H and O–H groups in total. The molecule has 0 saturated carbocycles. The van der Waals surface area contributed by atoms with Crippen LogP contribution in [-0.2, 0) is 0 Å². The largest absolute Gasteiger partial charge is 0.496 e. The quantitative estimate of drug-likeness (QED) is 0.841. The molecule has 0 atom stereocenters. The van der Waals surface area contributed by atoms with Crippen LogP contribution in [-0.4, -0.2) is 19.2 Å². The number of benzene rings is 1. The monoisotopic (exact) mass is 256 g/mol. The van der Waals surface area contributed by atoms with Crippen LogP contribution in [0, 0.1) is 11.3 Å². The predicted octanol–water partition coefficient (Wildman–Crippen LogP) is 2.76. The van der Waals surface area contributed by atoms with Crippen molar-refractivity contribution >= 4 is 0 Å². The lowest BCUT2D eigenvalue weighted by Gasteiger charge is -2.09. The molecular weight excluding hydrogens is 244 g/mol. The van der Waals surface area contributed by atoms with Gasteiger partial charge in [-0.1, -0.05) is 0 Å². The first-order chi connectivity index (χ1) is 9.25. The molecule has 0 aliphatic heterocycles. The van der Waals surface area contributed by atoms with E-state index in [1.54, 1.807) is 44.6 Å². The van der Waals surface area contributed by atoms with Gasteiger partial charge in [-0.15, -0.1) is 0 Å². The number of rotatable bonds is 4. The highest BCUT2D eigenvalue weighted by molar-refractivity contribution is 5.43. The lowest BCUT2D eigenvalue weighted by atomic mass is 10.3. The standard InChI is InChI=1S/C14H12N2O3/c1-17-11-5-12(18-2)7-13(6-11)19-14-4-3-10(8-15)9-16-14/h3-7,9H,1-2H3. The fraction of sp³-hybridized carbons (Fsp3) is 0.143. The second kappa shape index (κ2) is 5.74. The van der Waals surface area contributed by atoms with Crippen LogP contribution < -0.4 is 14.2 Å².